The number of Topliss-reactive ketones (excluding diaryl/α,β-unsaturated/α-hetero) is 1. The van der Waals surface area contributed by atoms with Crippen molar-refractivity contribution in [1.82, 2.24) is 4.90 Å². The van der Waals surface area contributed by atoms with E-state index in [4.69, 9.17) is 4.74 Å². The third-order valence-electron chi connectivity index (χ3n) is 4.34. The number of benzene rings is 1. The van der Waals surface area contributed by atoms with Gasteiger partial charge in [0, 0.05) is 22.6 Å². The molecule has 0 N–H and O–H groups in total. The zero-order valence-electron chi connectivity index (χ0n) is 11.6. The smallest absolute Gasteiger partial charge is 0.176 e. The van der Waals surface area contributed by atoms with Gasteiger partial charge in [-0.25, -0.2) is 0 Å². The first-order valence-electron chi connectivity index (χ1n) is 7.38. The molecule has 1 saturated heterocycles. The topological polar surface area (TPSA) is 29.5 Å². The van der Waals surface area contributed by atoms with Crippen LogP contribution < -0.4 is 0 Å². The highest BCUT2D eigenvalue weighted by molar-refractivity contribution is 9.10. The third-order valence-corrected chi connectivity index (χ3v) is 4.83. The Labute approximate surface area is 128 Å². The van der Waals surface area contributed by atoms with Gasteiger partial charge in [0.1, 0.15) is 0 Å². The predicted molar refractivity (Wildman–Crippen MR) is 82.0 cm³/mol. The van der Waals surface area contributed by atoms with Crippen molar-refractivity contribution in [2.75, 3.05) is 19.7 Å². The second-order valence-corrected chi connectivity index (χ2v) is 6.58. The summed E-state index contributed by atoms with van der Waals surface area (Å²) in [6.07, 6.45) is 5.16. The Bertz CT molecular complexity index is 489. The molecule has 0 radical (unpaired) electrons. The van der Waals surface area contributed by atoms with Crippen LogP contribution in [0.3, 0.4) is 0 Å². The van der Waals surface area contributed by atoms with E-state index in [1.807, 2.05) is 24.3 Å². The summed E-state index contributed by atoms with van der Waals surface area (Å²) in [7, 11) is 0. The van der Waals surface area contributed by atoms with Gasteiger partial charge in [0.05, 0.1) is 19.3 Å². The second kappa shape index (κ2) is 6.37. The normalized spacial score (nSPS) is 27.1. The van der Waals surface area contributed by atoms with Crippen LogP contribution in [0.15, 0.2) is 28.7 Å². The summed E-state index contributed by atoms with van der Waals surface area (Å²) >= 11 is 3.43. The lowest BCUT2D eigenvalue weighted by Gasteiger charge is -2.43. The van der Waals surface area contributed by atoms with Crippen molar-refractivity contribution in [3.63, 3.8) is 0 Å². The average molecular weight is 338 g/mol. The molecule has 0 bridgehead atoms. The summed E-state index contributed by atoms with van der Waals surface area (Å²) in [5.41, 5.74) is 0.790. The van der Waals surface area contributed by atoms with E-state index in [0.717, 1.165) is 36.0 Å². The molecule has 20 heavy (non-hydrogen) atoms. The van der Waals surface area contributed by atoms with Crippen molar-refractivity contribution in [3.8, 4) is 0 Å². The molecule has 0 amide bonds. The predicted octanol–water partition coefficient (Wildman–Crippen LogP) is 3.28. The van der Waals surface area contributed by atoms with Gasteiger partial charge < -0.3 is 4.74 Å². The van der Waals surface area contributed by atoms with E-state index in [9.17, 15) is 4.79 Å². The summed E-state index contributed by atoms with van der Waals surface area (Å²) in [4.78, 5) is 14.8. The number of morpholine rings is 1. The Morgan fingerprint density at radius 1 is 1.35 bits per heavy atom. The fraction of sp³-hybridized carbons (Fsp3) is 0.562. The van der Waals surface area contributed by atoms with Crippen molar-refractivity contribution in [3.05, 3.63) is 34.3 Å². The van der Waals surface area contributed by atoms with E-state index in [2.05, 4.69) is 20.8 Å². The fourth-order valence-electron chi connectivity index (χ4n) is 3.31. The fourth-order valence-corrected chi connectivity index (χ4v) is 3.71. The van der Waals surface area contributed by atoms with Crippen LogP contribution in [-0.4, -0.2) is 42.5 Å². The number of hydrogen-bond acceptors (Lipinski definition) is 3. The molecular weight excluding hydrogens is 318 g/mol. The van der Waals surface area contributed by atoms with Crippen molar-refractivity contribution in [2.24, 2.45) is 0 Å². The van der Waals surface area contributed by atoms with E-state index in [0.29, 0.717) is 18.7 Å². The van der Waals surface area contributed by atoms with Gasteiger partial charge in [-0.1, -0.05) is 40.9 Å². The molecule has 108 valence electrons. The maximum Gasteiger partial charge on any atom is 0.176 e. The minimum absolute atomic E-state index is 0.206. The molecule has 3 rings (SSSR count). The molecular formula is C16H20BrNO2. The summed E-state index contributed by atoms with van der Waals surface area (Å²) in [5, 5.41) is 0. The SMILES string of the molecule is O=C(CN1CCOC2CCCCC21)c1cccc(Br)c1. The van der Waals surface area contributed by atoms with Gasteiger partial charge in [0.25, 0.3) is 0 Å². The highest BCUT2D eigenvalue weighted by Gasteiger charge is 2.34. The zero-order chi connectivity index (χ0) is 13.9. The van der Waals surface area contributed by atoms with Gasteiger partial charge >= 0.3 is 0 Å². The Morgan fingerprint density at radius 2 is 2.20 bits per heavy atom. The van der Waals surface area contributed by atoms with E-state index in [-0.39, 0.29) is 5.78 Å². The molecule has 0 aromatic heterocycles. The third kappa shape index (κ3) is 3.13. The standard InChI is InChI=1S/C16H20BrNO2/c17-13-5-3-4-12(10-13)15(19)11-18-8-9-20-16-7-2-1-6-14(16)18/h3-5,10,14,16H,1-2,6-9,11H2. The molecule has 1 aromatic rings. The van der Waals surface area contributed by atoms with Crippen LogP contribution in [-0.2, 0) is 4.74 Å². The highest BCUT2D eigenvalue weighted by Crippen LogP contribution is 2.28. The first-order chi connectivity index (χ1) is 9.74. The van der Waals surface area contributed by atoms with Crippen molar-refractivity contribution in [1.29, 1.82) is 0 Å². The second-order valence-electron chi connectivity index (χ2n) is 5.67. The largest absolute Gasteiger partial charge is 0.375 e. The van der Waals surface area contributed by atoms with Crippen LogP contribution in [0.25, 0.3) is 0 Å². The van der Waals surface area contributed by atoms with E-state index in [1.54, 1.807) is 0 Å². The number of carbonyl (C=O) groups is 1. The Balaban J connectivity index is 1.68. The lowest BCUT2D eigenvalue weighted by Crippen LogP contribution is -2.53. The van der Waals surface area contributed by atoms with Gasteiger partial charge in [0.15, 0.2) is 5.78 Å². The van der Waals surface area contributed by atoms with E-state index < -0.39 is 0 Å². The molecule has 4 heteroatoms. The molecule has 2 atom stereocenters. The number of nitrogens with zero attached hydrogens (tertiary/aromatic N) is 1. The van der Waals surface area contributed by atoms with Crippen LogP contribution in [0.5, 0.6) is 0 Å². The number of ketones is 1. The molecule has 1 aliphatic heterocycles. The number of carbonyl (C=O) groups excluding carboxylic acids is 1. The molecule has 2 unspecified atom stereocenters. The first-order valence-corrected chi connectivity index (χ1v) is 8.18. The lowest BCUT2D eigenvalue weighted by atomic mass is 9.90. The Morgan fingerprint density at radius 3 is 3.05 bits per heavy atom. The maximum atomic E-state index is 12.4. The summed E-state index contributed by atoms with van der Waals surface area (Å²) in [5.74, 6) is 0.206. The summed E-state index contributed by atoms with van der Waals surface area (Å²) < 4.78 is 6.82. The Hall–Kier alpha value is -0.710. The van der Waals surface area contributed by atoms with Gasteiger partial charge in [-0.05, 0) is 25.0 Å². The molecule has 0 spiro atoms. The van der Waals surface area contributed by atoms with Crippen LogP contribution in [0.4, 0.5) is 0 Å². The van der Waals surface area contributed by atoms with Crippen molar-refractivity contribution in [2.45, 2.75) is 37.8 Å². The molecule has 1 heterocycles. The summed E-state index contributed by atoms with van der Waals surface area (Å²) in [6, 6.07) is 8.10. The van der Waals surface area contributed by atoms with Gasteiger partial charge in [-0.3, -0.25) is 9.69 Å². The molecule has 1 aromatic carbocycles. The minimum atomic E-state index is 0.206. The van der Waals surface area contributed by atoms with Crippen LogP contribution in [0, 0.1) is 0 Å². The highest BCUT2D eigenvalue weighted by atomic mass is 79.9. The van der Waals surface area contributed by atoms with Crippen LogP contribution >= 0.6 is 15.9 Å². The number of ether oxygens (including phenoxy) is 1. The first kappa shape index (κ1) is 14.2. The average Bonchev–Trinajstić information content (AvgIpc) is 2.47. The number of halogens is 1. The van der Waals surface area contributed by atoms with Gasteiger partial charge in [-0.15, -0.1) is 0 Å². The quantitative estimate of drug-likeness (QED) is 0.793. The molecule has 3 nitrogen and oxygen atoms in total. The number of rotatable bonds is 3. The van der Waals surface area contributed by atoms with Crippen molar-refractivity contribution < 1.29 is 9.53 Å². The molecule has 2 fully saturated rings. The molecule has 2 aliphatic rings. The van der Waals surface area contributed by atoms with E-state index in [1.165, 1.54) is 12.8 Å². The molecule has 1 aliphatic carbocycles. The zero-order valence-corrected chi connectivity index (χ0v) is 13.1. The minimum Gasteiger partial charge on any atom is -0.375 e. The lowest BCUT2D eigenvalue weighted by molar-refractivity contribution is -0.0846. The molecule has 1 saturated carbocycles. The van der Waals surface area contributed by atoms with E-state index >= 15 is 0 Å². The number of fused-ring (bicyclic) bond motifs is 1. The van der Waals surface area contributed by atoms with Gasteiger partial charge in [0.2, 0.25) is 0 Å². The van der Waals surface area contributed by atoms with Crippen LogP contribution in [0.2, 0.25) is 0 Å². The maximum absolute atomic E-state index is 12.4. The monoisotopic (exact) mass is 337 g/mol. The van der Waals surface area contributed by atoms with Gasteiger partial charge in [-0.2, -0.15) is 0 Å². The summed E-state index contributed by atoms with van der Waals surface area (Å²) in [6.45, 7) is 2.15. The van der Waals surface area contributed by atoms with Crippen LogP contribution in [0.1, 0.15) is 36.0 Å². The van der Waals surface area contributed by atoms with Crippen molar-refractivity contribution >= 4 is 21.7 Å². The number of hydrogen-bond donors (Lipinski definition) is 0. The Kier molecular flexibility index (Phi) is 4.54.